The molecule has 1 aliphatic rings. The fraction of sp³-hybridized carbons (Fsp3) is 0.304. The summed E-state index contributed by atoms with van der Waals surface area (Å²) >= 11 is 0. The number of aromatic nitrogens is 2. The Labute approximate surface area is 165 Å². The molecule has 1 heterocycles. The molecule has 1 aromatic heterocycles. The van der Waals surface area contributed by atoms with E-state index < -0.39 is 6.23 Å². The van der Waals surface area contributed by atoms with E-state index in [-0.39, 0.29) is 5.75 Å². The van der Waals surface area contributed by atoms with Gasteiger partial charge in [0.1, 0.15) is 17.7 Å². The van der Waals surface area contributed by atoms with Crippen LogP contribution >= 0.6 is 0 Å². The van der Waals surface area contributed by atoms with Gasteiger partial charge in [0, 0.05) is 11.1 Å². The number of nitrogens with zero attached hydrogens (tertiary/aromatic N) is 2. The number of aryl methyl sites for hydroxylation is 2. The van der Waals surface area contributed by atoms with Gasteiger partial charge in [-0.1, -0.05) is 38.1 Å². The van der Waals surface area contributed by atoms with Crippen LogP contribution in [-0.2, 0) is 12.8 Å². The normalized spacial score (nSPS) is 13.7. The maximum absolute atomic E-state index is 10.4. The van der Waals surface area contributed by atoms with Crippen LogP contribution in [0.15, 0.2) is 48.5 Å². The summed E-state index contributed by atoms with van der Waals surface area (Å²) in [6.45, 7) is 4.14. The molecule has 0 spiro atoms. The first-order valence-corrected chi connectivity index (χ1v) is 9.74. The lowest BCUT2D eigenvalue weighted by molar-refractivity contribution is 0.175. The summed E-state index contributed by atoms with van der Waals surface area (Å²) in [4.78, 5) is 9.83. The number of aromatic hydroxyl groups is 1. The van der Waals surface area contributed by atoms with Crippen LogP contribution in [0.4, 0.5) is 5.82 Å². The van der Waals surface area contributed by atoms with Crippen molar-refractivity contribution in [1.82, 2.24) is 9.97 Å². The van der Waals surface area contributed by atoms with Gasteiger partial charge in [0.05, 0.1) is 11.4 Å². The number of hydrogen-bond donors (Lipinski definition) is 3. The molecule has 3 aromatic rings. The maximum atomic E-state index is 10.4. The first-order chi connectivity index (χ1) is 13.5. The predicted molar refractivity (Wildman–Crippen MR) is 111 cm³/mol. The zero-order valence-corrected chi connectivity index (χ0v) is 16.2. The van der Waals surface area contributed by atoms with E-state index in [0.29, 0.717) is 23.9 Å². The molecular weight excluding hydrogens is 350 g/mol. The Hall–Kier alpha value is -2.92. The van der Waals surface area contributed by atoms with Crippen molar-refractivity contribution in [3.05, 3.63) is 59.8 Å². The molecule has 0 aliphatic heterocycles. The van der Waals surface area contributed by atoms with E-state index in [0.717, 1.165) is 35.4 Å². The molecule has 0 fully saturated rings. The van der Waals surface area contributed by atoms with Crippen LogP contribution in [0.3, 0.4) is 0 Å². The van der Waals surface area contributed by atoms with Crippen molar-refractivity contribution in [3.63, 3.8) is 0 Å². The lowest BCUT2D eigenvalue weighted by Gasteiger charge is -2.23. The van der Waals surface area contributed by atoms with Crippen LogP contribution in [0, 0.1) is 5.92 Å². The number of rotatable bonds is 5. The van der Waals surface area contributed by atoms with Crippen LogP contribution < -0.4 is 5.32 Å². The number of aliphatic hydroxyl groups excluding tert-OH is 1. The number of benzene rings is 2. The quantitative estimate of drug-likeness (QED) is 0.577. The van der Waals surface area contributed by atoms with Gasteiger partial charge >= 0.3 is 0 Å². The second kappa shape index (κ2) is 7.60. The van der Waals surface area contributed by atoms with Crippen molar-refractivity contribution < 1.29 is 10.2 Å². The molecule has 0 amide bonds. The maximum Gasteiger partial charge on any atom is 0.154 e. The average molecular weight is 375 g/mol. The van der Waals surface area contributed by atoms with E-state index in [4.69, 9.17) is 9.97 Å². The molecule has 1 aliphatic carbocycles. The zero-order chi connectivity index (χ0) is 19.7. The minimum absolute atomic E-state index is 0.203. The van der Waals surface area contributed by atoms with E-state index in [2.05, 4.69) is 37.4 Å². The molecule has 28 heavy (non-hydrogen) atoms. The number of phenols is 1. The number of nitrogens with one attached hydrogen (secondary N) is 1. The van der Waals surface area contributed by atoms with Crippen LogP contribution in [0.2, 0.25) is 0 Å². The molecular formula is C23H25N3O2. The standard InChI is InChI=1S/C23H25N3O2/c1-14(2)13-20(28)25-23-21(16-7-10-17(27)11-8-16)26-22-18-6-4-3-5-15(18)9-12-19(22)24-23/h3-8,10-11,14,20,27-28H,9,12-13H2,1-2H3,(H,24,25). The van der Waals surface area contributed by atoms with Gasteiger partial charge in [-0.3, -0.25) is 0 Å². The summed E-state index contributed by atoms with van der Waals surface area (Å²) < 4.78 is 0. The molecule has 0 radical (unpaired) electrons. The van der Waals surface area contributed by atoms with Gasteiger partial charge in [-0.15, -0.1) is 0 Å². The molecule has 0 saturated heterocycles. The third-order valence-corrected chi connectivity index (χ3v) is 5.01. The third-order valence-electron chi connectivity index (χ3n) is 5.01. The number of phenolic OH excluding ortho intramolecular Hbond substituents is 1. The second-order valence-electron chi connectivity index (χ2n) is 7.71. The van der Waals surface area contributed by atoms with Gasteiger partial charge in [0.25, 0.3) is 0 Å². The molecule has 4 rings (SSSR count). The molecule has 1 unspecified atom stereocenters. The van der Waals surface area contributed by atoms with Gasteiger partial charge in [0.2, 0.25) is 0 Å². The molecule has 3 N–H and O–H groups in total. The van der Waals surface area contributed by atoms with Crippen molar-refractivity contribution in [1.29, 1.82) is 0 Å². The van der Waals surface area contributed by atoms with Crippen LogP contribution in [-0.4, -0.2) is 26.4 Å². The summed E-state index contributed by atoms with van der Waals surface area (Å²) in [5.74, 6) is 1.14. The lowest BCUT2D eigenvalue weighted by atomic mass is 9.91. The lowest BCUT2D eigenvalue weighted by Crippen LogP contribution is -2.23. The summed E-state index contributed by atoms with van der Waals surface area (Å²) in [6, 6.07) is 15.2. The molecule has 5 heteroatoms. The van der Waals surface area contributed by atoms with E-state index in [9.17, 15) is 10.2 Å². The van der Waals surface area contributed by atoms with Crippen molar-refractivity contribution in [2.24, 2.45) is 5.92 Å². The highest BCUT2D eigenvalue weighted by Gasteiger charge is 2.23. The number of anilines is 1. The molecule has 0 bridgehead atoms. The van der Waals surface area contributed by atoms with E-state index in [1.54, 1.807) is 12.1 Å². The average Bonchev–Trinajstić information content (AvgIpc) is 2.67. The Morgan fingerprint density at radius 2 is 1.71 bits per heavy atom. The minimum atomic E-state index is -0.695. The van der Waals surface area contributed by atoms with E-state index >= 15 is 0 Å². The predicted octanol–water partition coefficient (Wildman–Crippen LogP) is 4.39. The van der Waals surface area contributed by atoms with Crippen molar-refractivity contribution in [3.8, 4) is 28.3 Å². The first-order valence-electron chi connectivity index (χ1n) is 9.74. The van der Waals surface area contributed by atoms with E-state index in [1.807, 2.05) is 18.2 Å². The van der Waals surface area contributed by atoms with Crippen LogP contribution in [0.25, 0.3) is 22.5 Å². The largest absolute Gasteiger partial charge is 0.508 e. The summed E-state index contributed by atoms with van der Waals surface area (Å²) in [6.07, 6.45) is 1.68. The summed E-state index contributed by atoms with van der Waals surface area (Å²) in [5.41, 5.74) is 5.76. The topological polar surface area (TPSA) is 78.3 Å². The minimum Gasteiger partial charge on any atom is -0.508 e. The monoisotopic (exact) mass is 375 g/mol. The highest BCUT2D eigenvalue weighted by molar-refractivity contribution is 5.78. The van der Waals surface area contributed by atoms with Gasteiger partial charge in [0.15, 0.2) is 5.82 Å². The summed E-state index contributed by atoms with van der Waals surface area (Å²) in [7, 11) is 0. The van der Waals surface area contributed by atoms with Crippen molar-refractivity contribution >= 4 is 5.82 Å². The Morgan fingerprint density at radius 3 is 2.46 bits per heavy atom. The molecule has 144 valence electrons. The third kappa shape index (κ3) is 3.71. The summed E-state index contributed by atoms with van der Waals surface area (Å²) in [5, 5.41) is 23.2. The van der Waals surface area contributed by atoms with Gasteiger partial charge in [-0.2, -0.15) is 0 Å². The highest BCUT2D eigenvalue weighted by Crippen LogP contribution is 2.36. The number of fused-ring (bicyclic) bond motifs is 3. The fourth-order valence-corrected chi connectivity index (χ4v) is 3.67. The number of aliphatic hydroxyl groups is 1. The van der Waals surface area contributed by atoms with Crippen molar-refractivity contribution in [2.45, 2.75) is 39.3 Å². The molecule has 2 aromatic carbocycles. The molecule has 0 saturated carbocycles. The van der Waals surface area contributed by atoms with Crippen molar-refractivity contribution in [2.75, 3.05) is 5.32 Å². The first kappa shape index (κ1) is 18.4. The Balaban J connectivity index is 1.82. The fourth-order valence-electron chi connectivity index (χ4n) is 3.67. The Kier molecular flexibility index (Phi) is 5.01. The SMILES string of the molecule is CC(C)CC(O)Nc1nc2c(nc1-c1ccc(O)cc1)-c1ccccc1CC2. The van der Waals surface area contributed by atoms with Crippen LogP contribution in [0.5, 0.6) is 5.75 Å². The van der Waals surface area contributed by atoms with E-state index in [1.165, 1.54) is 5.56 Å². The molecule has 5 nitrogen and oxygen atoms in total. The Bertz CT molecular complexity index is 984. The van der Waals surface area contributed by atoms with Gasteiger partial charge in [-0.25, -0.2) is 9.97 Å². The number of hydrogen-bond acceptors (Lipinski definition) is 5. The van der Waals surface area contributed by atoms with Gasteiger partial charge in [-0.05, 0) is 55.0 Å². The smallest absolute Gasteiger partial charge is 0.154 e. The highest BCUT2D eigenvalue weighted by atomic mass is 16.3. The second-order valence-corrected chi connectivity index (χ2v) is 7.71. The van der Waals surface area contributed by atoms with Gasteiger partial charge < -0.3 is 15.5 Å². The Morgan fingerprint density at radius 1 is 0.964 bits per heavy atom. The van der Waals surface area contributed by atoms with Crippen LogP contribution in [0.1, 0.15) is 31.5 Å². The zero-order valence-electron chi connectivity index (χ0n) is 16.2. The molecule has 1 atom stereocenters.